The molecule has 2 aromatic rings. The molecule has 7 heteroatoms. The van der Waals surface area contributed by atoms with Crippen LogP contribution in [0.15, 0.2) is 36.9 Å². The Balaban J connectivity index is 1.90. The third-order valence-corrected chi connectivity index (χ3v) is 3.08. The molecule has 0 bridgehead atoms. The summed E-state index contributed by atoms with van der Waals surface area (Å²) in [5.74, 6) is 0.546. The number of ether oxygens (including phenoxy) is 2. The number of rotatable bonds is 8. The van der Waals surface area contributed by atoms with Crippen LogP contribution in [-0.4, -0.2) is 41.0 Å². The van der Waals surface area contributed by atoms with E-state index in [1.807, 2.05) is 18.2 Å². The molecule has 1 amide bonds. The van der Waals surface area contributed by atoms with Crippen LogP contribution in [0.25, 0.3) is 0 Å². The van der Waals surface area contributed by atoms with Gasteiger partial charge >= 0.3 is 0 Å². The van der Waals surface area contributed by atoms with Crippen molar-refractivity contribution >= 4 is 11.6 Å². The van der Waals surface area contributed by atoms with Crippen LogP contribution >= 0.6 is 0 Å². The number of carbonyl (C=O) groups excluding carboxylic acids is 1. The minimum Gasteiger partial charge on any atom is -0.493 e. The van der Waals surface area contributed by atoms with E-state index >= 15 is 0 Å². The van der Waals surface area contributed by atoms with Crippen LogP contribution in [0.3, 0.4) is 0 Å². The number of aromatic nitrogens is 3. The number of hydrogen-bond acceptors (Lipinski definition) is 5. The number of methoxy groups -OCH3 is 1. The van der Waals surface area contributed by atoms with Crippen molar-refractivity contribution in [3.63, 3.8) is 0 Å². The second-order valence-corrected chi connectivity index (χ2v) is 4.76. The van der Waals surface area contributed by atoms with Crippen LogP contribution in [0.1, 0.15) is 19.4 Å². The molecule has 2 rings (SSSR count). The van der Waals surface area contributed by atoms with E-state index in [0.717, 1.165) is 6.42 Å². The number of carbonyl (C=O) groups is 1. The Labute approximate surface area is 129 Å². The molecule has 0 fully saturated rings. The lowest BCUT2D eigenvalue weighted by molar-refractivity contribution is -0.119. The van der Waals surface area contributed by atoms with Gasteiger partial charge in [0.2, 0.25) is 5.91 Å². The van der Waals surface area contributed by atoms with Gasteiger partial charge in [0.15, 0.2) is 0 Å². The molecule has 1 unspecified atom stereocenters. The maximum atomic E-state index is 12.2. The van der Waals surface area contributed by atoms with E-state index < -0.39 is 6.04 Å². The summed E-state index contributed by atoms with van der Waals surface area (Å²) in [5, 5.41) is 6.80. The fourth-order valence-electron chi connectivity index (χ4n) is 1.84. The second-order valence-electron chi connectivity index (χ2n) is 4.76. The van der Waals surface area contributed by atoms with Gasteiger partial charge in [0.1, 0.15) is 24.4 Å². The molecular weight excluding hydrogens is 284 g/mol. The van der Waals surface area contributed by atoms with E-state index in [2.05, 4.69) is 15.4 Å². The minimum atomic E-state index is -0.436. The van der Waals surface area contributed by atoms with E-state index in [4.69, 9.17) is 9.47 Å². The van der Waals surface area contributed by atoms with Gasteiger partial charge in [-0.25, -0.2) is 9.67 Å². The van der Waals surface area contributed by atoms with Crippen LogP contribution in [0.4, 0.5) is 5.69 Å². The molecule has 1 aromatic carbocycles. The average molecular weight is 304 g/mol. The molecule has 0 aliphatic carbocycles. The van der Waals surface area contributed by atoms with Crippen molar-refractivity contribution in [3.05, 3.63) is 36.9 Å². The summed E-state index contributed by atoms with van der Waals surface area (Å²) >= 11 is 0. The van der Waals surface area contributed by atoms with E-state index in [-0.39, 0.29) is 5.91 Å². The van der Waals surface area contributed by atoms with E-state index in [9.17, 15) is 4.79 Å². The molecule has 0 spiro atoms. The van der Waals surface area contributed by atoms with Gasteiger partial charge in [0.25, 0.3) is 0 Å². The van der Waals surface area contributed by atoms with Crippen LogP contribution in [0, 0.1) is 0 Å². The summed E-state index contributed by atoms with van der Waals surface area (Å²) in [7, 11) is 1.66. The first kappa shape index (κ1) is 16.0. The fraction of sp³-hybridized carbons (Fsp3) is 0.400. The first-order valence-corrected chi connectivity index (χ1v) is 7.07. The first-order valence-electron chi connectivity index (χ1n) is 7.07. The van der Waals surface area contributed by atoms with Crippen molar-refractivity contribution in [1.29, 1.82) is 0 Å². The Morgan fingerprint density at radius 2 is 2.27 bits per heavy atom. The molecular formula is C15H20N4O3. The maximum Gasteiger partial charge on any atom is 0.249 e. The molecule has 0 aliphatic heterocycles. The summed E-state index contributed by atoms with van der Waals surface area (Å²) < 4.78 is 12.1. The quantitative estimate of drug-likeness (QED) is 0.754. The largest absolute Gasteiger partial charge is 0.493 e. The highest BCUT2D eigenvalue weighted by Crippen LogP contribution is 2.18. The molecule has 1 N–H and O–H groups in total. The summed E-state index contributed by atoms with van der Waals surface area (Å²) in [6, 6.07) is 6.85. The smallest absolute Gasteiger partial charge is 0.249 e. The van der Waals surface area contributed by atoms with Crippen molar-refractivity contribution in [2.75, 3.05) is 25.6 Å². The minimum absolute atomic E-state index is 0.165. The molecule has 0 saturated carbocycles. The van der Waals surface area contributed by atoms with Crippen LogP contribution in [0.5, 0.6) is 5.75 Å². The highest BCUT2D eigenvalue weighted by molar-refractivity contribution is 5.93. The molecule has 7 nitrogen and oxygen atoms in total. The summed E-state index contributed by atoms with van der Waals surface area (Å²) in [5.41, 5.74) is 0.682. The number of nitrogens with zero attached hydrogens (tertiary/aromatic N) is 3. The van der Waals surface area contributed by atoms with Gasteiger partial charge in [-0.2, -0.15) is 5.10 Å². The standard InChI is InChI=1S/C15H20N4O3/c1-12(19-11-16-10-17-19)15(20)18-13-5-3-6-14(9-13)22-8-4-7-21-2/h3,5-6,9-12H,4,7-8H2,1-2H3,(H,18,20). The predicted octanol–water partition coefficient (Wildman–Crippen LogP) is 1.89. The molecule has 1 atom stereocenters. The van der Waals surface area contributed by atoms with E-state index in [1.54, 1.807) is 20.1 Å². The topological polar surface area (TPSA) is 78.3 Å². The highest BCUT2D eigenvalue weighted by Gasteiger charge is 2.15. The van der Waals surface area contributed by atoms with E-state index in [0.29, 0.717) is 24.7 Å². The van der Waals surface area contributed by atoms with Crippen molar-refractivity contribution in [3.8, 4) is 5.75 Å². The van der Waals surface area contributed by atoms with Gasteiger partial charge in [0, 0.05) is 31.9 Å². The molecule has 1 aromatic heterocycles. The highest BCUT2D eigenvalue weighted by atomic mass is 16.5. The molecule has 118 valence electrons. The summed E-state index contributed by atoms with van der Waals surface area (Å²) in [4.78, 5) is 16.0. The number of hydrogen-bond donors (Lipinski definition) is 1. The second kappa shape index (κ2) is 8.14. The van der Waals surface area contributed by atoms with E-state index in [1.165, 1.54) is 17.3 Å². The lowest BCUT2D eigenvalue weighted by atomic mass is 10.2. The average Bonchev–Trinajstić information content (AvgIpc) is 3.05. The fourth-order valence-corrected chi connectivity index (χ4v) is 1.84. The van der Waals surface area contributed by atoms with Gasteiger partial charge in [-0.05, 0) is 19.1 Å². The zero-order chi connectivity index (χ0) is 15.8. The van der Waals surface area contributed by atoms with Gasteiger partial charge in [-0.1, -0.05) is 6.07 Å². The van der Waals surface area contributed by atoms with Crippen molar-refractivity contribution in [2.24, 2.45) is 0 Å². The SMILES string of the molecule is COCCCOc1cccc(NC(=O)C(C)n2cncn2)c1. The van der Waals surface area contributed by atoms with Crippen molar-refractivity contribution < 1.29 is 14.3 Å². The molecule has 1 heterocycles. The normalized spacial score (nSPS) is 11.9. The van der Waals surface area contributed by atoms with Crippen LogP contribution < -0.4 is 10.1 Å². The Morgan fingerprint density at radius 1 is 1.41 bits per heavy atom. The molecule has 22 heavy (non-hydrogen) atoms. The van der Waals surface area contributed by atoms with Gasteiger partial charge < -0.3 is 14.8 Å². The predicted molar refractivity (Wildman–Crippen MR) is 81.8 cm³/mol. The number of amides is 1. The van der Waals surface area contributed by atoms with Gasteiger partial charge in [-0.15, -0.1) is 0 Å². The van der Waals surface area contributed by atoms with Crippen molar-refractivity contribution in [1.82, 2.24) is 14.8 Å². The maximum absolute atomic E-state index is 12.2. The third kappa shape index (κ3) is 4.56. The van der Waals surface area contributed by atoms with Gasteiger partial charge in [-0.3, -0.25) is 4.79 Å². The first-order chi connectivity index (χ1) is 10.7. The number of anilines is 1. The summed E-state index contributed by atoms with van der Waals surface area (Å²) in [6.07, 6.45) is 3.73. The Hall–Kier alpha value is -2.41. The lowest BCUT2D eigenvalue weighted by Crippen LogP contribution is -2.24. The molecule has 0 aliphatic rings. The number of benzene rings is 1. The number of nitrogens with one attached hydrogen (secondary N) is 1. The van der Waals surface area contributed by atoms with Crippen LogP contribution in [-0.2, 0) is 9.53 Å². The monoisotopic (exact) mass is 304 g/mol. The van der Waals surface area contributed by atoms with Crippen LogP contribution in [0.2, 0.25) is 0 Å². The zero-order valence-corrected chi connectivity index (χ0v) is 12.7. The third-order valence-electron chi connectivity index (χ3n) is 3.08. The zero-order valence-electron chi connectivity index (χ0n) is 12.7. The molecule has 0 saturated heterocycles. The Bertz CT molecular complexity index is 586. The Morgan fingerprint density at radius 3 is 3.00 bits per heavy atom. The Kier molecular flexibility index (Phi) is 5.91. The summed E-state index contributed by atoms with van der Waals surface area (Å²) in [6.45, 7) is 2.99. The van der Waals surface area contributed by atoms with Gasteiger partial charge in [0.05, 0.1) is 6.61 Å². The molecule has 0 radical (unpaired) electrons. The van der Waals surface area contributed by atoms with Crippen molar-refractivity contribution in [2.45, 2.75) is 19.4 Å². The lowest BCUT2D eigenvalue weighted by Gasteiger charge is -2.13.